The third-order valence-corrected chi connectivity index (χ3v) is 5.85. The quantitative estimate of drug-likeness (QED) is 0.313. The Balaban J connectivity index is 1.73. The molecule has 3 aromatic rings. The van der Waals surface area contributed by atoms with Gasteiger partial charge in [-0.15, -0.1) is 0 Å². The van der Waals surface area contributed by atoms with Crippen LogP contribution in [0.15, 0.2) is 90.7 Å². The lowest BCUT2D eigenvalue weighted by Gasteiger charge is -2.34. The van der Waals surface area contributed by atoms with Gasteiger partial charge in [-0.3, -0.25) is 0 Å². The van der Waals surface area contributed by atoms with Crippen molar-refractivity contribution in [3.05, 3.63) is 119 Å². The molecular weight excluding hydrogens is 496 g/mol. The summed E-state index contributed by atoms with van der Waals surface area (Å²) in [5.41, 5.74) is -2.53. The van der Waals surface area contributed by atoms with Gasteiger partial charge < -0.3 is 29.9 Å². The van der Waals surface area contributed by atoms with Gasteiger partial charge in [0.15, 0.2) is 5.60 Å². The number of carboxylic acids is 4. The molecule has 0 heterocycles. The number of carboxylic acid groups (broad SMARTS) is 4. The van der Waals surface area contributed by atoms with Crippen molar-refractivity contribution in [2.24, 2.45) is 0 Å². The Morgan fingerprint density at radius 2 is 1.21 bits per heavy atom. The Hall–Kier alpha value is -5.38. The molecule has 10 nitrogen and oxygen atoms in total. The van der Waals surface area contributed by atoms with Crippen molar-refractivity contribution in [2.75, 3.05) is 0 Å². The number of rotatable bonds is 9. The molecule has 0 radical (unpaired) electrons. The highest BCUT2D eigenvalue weighted by atomic mass is 16.5. The zero-order valence-electron chi connectivity index (χ0n) is 19.5. The van der Waals surface area contributed by atoms with E-state index in [-0.39, 0.29) is 23.7 Å². The predicted octanol–water partition coefficient (Wildman–Crippen LogP) is 4.68. The fourth-order valence-electron chi connectivity index (χ4n) is 4.10. The number of hydrogen-bond donors (Lipinski definition) is 4. The summed E-state index contributed by atoms with van der Waals surface area (Å²) < 4.78 is 12.0. The van der Waals surface area contributed by atoms with E-state index in [4.69, 9.17) is 9.47 Å². The molecule has 1 atom stereocenters. The molecule has 0 spiro atoms. The van der Waals surface area contributed by atoms with Crippen molar-refractivity contribution < 1.29 is 49.1 Å². The summed E-state index contributed by atoms with van der Waals surface area (Å²) in [4.78, 5) is 46.8. The molecule has 0 saturated heterocycles. The largest absolute Gasteiger partial charge is 0.478 e. The third kappa shape index (κ3) is 4.96. The van der Waals surface area contributed by atoms with Crippen LogP contribution in [0.25, 0.3) is 0 Å². The molecule has 1 aliphatic carbocycles. The van der Waals surface area contributed by atoms with Crippen LogP contribution in [-0.2, 0) is 5.60 Å². The lowest BCUT2D eigenvalue weighted by Crippen LogP contribution is -2.33. The normalized spacial score (nSPS) is 16.3. The summed E-state index contributed by atoms with van der Waals surface area (Å²) in [6.07, 6.45) is 4.73. The minimum absolute atomic E-state index is 0.0836. The molecule has 3 aromatic carbocycles. The maximum atomic E-state index is 12.0. The Kier molecular flexibility index (Phi) is 6.98. The van der Waals surface area contributed by atoms with E-state index in [0.29, 0.717) is 5.56 Å². The fourth-order valence-corrected chi connectivity index (χ4v) is 4.10. The van der Waals surface area contributed by atoms with Gasteiger partial charge in [0.1, 0.15) is 28.4 Å². The predicted molar refractivity (Wildman–Crippen MR) is 132 cm³/mol. The van der Waals surface area contributed by atoms with Crippen molar-refractivity contribution in [3.8, 4) is 11.5 Å². The molecule has 4 rings (SSSR count). The van der Waals surface area contributed by atoms with E-state index in [9.17, 15) is 39.6 Å². The first-order valence-electron chi connectivity index (χ1n) is 11.1. The van der Waals surface area contributed by atoms with E-state index in [2.05, 4.69) is 0 Å². The van der Waals surface area contributed by atoms with Crippen LogP contribution in [0, 0.1) is 0 Å². The Labute approximate surface area is 215 Å². The van der Waals surface area contributed by atoms with Crippen LogP contribution in [0.4, 0.5) is 0 Å². The van der Waals surface area contributed by atoms with Gasteiger partial charge in [0.2, 0.25) is 0 Å². The van der Waals surface area contributed by atoms with Crippen molar-refractivity contribution in [1.82, 2.24) is 0 Å². The van der Waals surface area contributed by atoms with Crippen LogP contribution in [0.2, 0.25) is 0 Å². The summed E-state index contributed by atoms with van der Waals surface area (Å²) in [5.74, 6) is -5.93. The zero-order valence-corrected chi connectivity index (χ0v) is 19.5. The molecule has 38 heavy (non-hydrogen) atoms. The van der Waals surface area contributed by atoms with Crippen molar-refractivity contribution in [2.45, 2.75) is 12.0 Å². The number of ether oxygens (including phenoxy) is 2. The monoisotopic (exact) mass is 516 g/mol. The summed E-state index contributed by atoms with van der Waals surface area (Å²) >= 11 is 0. The third-order valence-electron chi connectivity index (χ3n) is 5.85. The number of hydrogen-bond acceptors (Lipinski definition) is 6. The molecule has 0 aromatic heterocycles. The summed E-state index contributed by atoms with van der Waals surface area (Å²) in [5, 5.41) is 38.1. The molecule has 0 fully saturated rings. The van der Waals surface area contributed by atoms with Gasteiger partial charge in [0.05, 0.1) is 11.1 Å². The van der Waals surface area contributed by atoms with Crippen LogP contribution < -0.4 is 9.47 Å². The molecule has 4 N–H and O–H groups in total. The first-order chi connectivity index (χ1) is 18.1. The molecule has 0 aliphatic heterocycles. The molecular formula is C28H20O10. The maximum Gasteiger partial charge on any atom is 0.340 e. The van der Waals surface area contributed by atoms with Gasteiger partial charge >= 0.3 is 23.9 Å². The number of benzene rings is 3. The Morgan fingerprint density at radius 3 is 1.71 bits per heavy atom. The second-order valence-electron chi connectivity index (χ2n) is 8.18. The lowest BCUT2D eigenvalue weighted by atomic mass is 9.86. The maximum absolute atomic E-state index is 12.0. The van der Waals surface area contributed by atoms with Crippen molar-refractivity contribution >= 4 is 23.9 Å². The minimum Gasteiger partial charge on any atom is -0.478 e. The van der Waals surface area contributed by atoms with Gasteiger partial charge in [0.25, 0.3) is 0 Å². The van der Waals surface area contributed by atoms with Gasteiger partial charge in [-0.2, -0.15) is 0 Å². The van der Waals surface area contributed by atoms with Gasteiger partial charge in [-0.1, -0.05) is 42.5 Å². The first-order valence-corrected chi connectivity index (χ1v) is 11.1. The summed E-state index contributed by atoms with van der Waals surface area (Å²) in [6, 6.07) is 16.6. The SMILES string of the molecule is O=C(O)c1cccc(OC2=CCC(Oc3cccc(C(=O)O)c3C(=O)O)(c3ccccc3)C=C2)c1C(=O)O. The van der Waals surface area contributed by atoms with E-state index in [1.54, 1.807) is 42.5 Å². The summed E-state index contributed by atoms with van der Waals surface area (Å²) in [6.45, 7) is 0. The molecule has 0 saturated carbocycles. The van der Waals surface area contributed by atoms with Crippen LogP contribution in [-0.4, -0.2) is 44.3 Å². The second-order valence-corrected chi connectivity index (χ2v) is 8.18. The molecule has 0 amide bonds. The summed E-state index contributed by atoms with van der Waals surface area (Å²) in [7, 11) is 0. The highest BCUT2D eigenvalue weighted by Crippen LogP contribution is 2.39. The molecule has 1 aliphatic rings. The topological polar surface area (TPSA) is 168 Å². The molecule has 0 bridgehead atoms. The Bertz CT molecular complexity index is 1500. The number of aromatic carboxylic acids is 4. The second kappa shape index (κ2) is 10.3. The molecule has 1 unspecified atom stereocenters. The van der Waals surface area contributed by atoms with E-state index in [1.807, 2.05) is 0 Å². The van der Waals surface area contributed by atoms with Crippen molar-refractivity contribution in [3.63, 3.8) is 0 Å². The van der Waals surface area contributed by atoms with Crippen LogP contribution in [0.1, 0.15) is 53.4 Å². The number of allylic oxidation sites excluding steroid dienone is 1. The average molecular weight is 516 g/mol. The highest BCUT2D eigenvalue weighted by Gasteiger charge is 2.36. The van der Waals surface area contributed by atoms with E-state index < -0.39 is 51.7 Å². The van der Waals surface area contributed by atoms with Crippen LogP contribution >= 0.6 is 0 Å². The fraction of sp³-hybridized carbons (Fsp3) is 0.0714. The van der Waals surface area contributed by atoms with Gasteiger partial charge in [-0.25, -0.2) is 19.2 Å². The average Bonchev–Trinajstić information content (AvgIpc) is 2.89. The van der Waals surface area contributed by atoms with Crippen LogP contribution in [0.3, 0.4) is 0 Å². The highest BCUT2D eigenvalue weighted by molar-refractivity contribution is 6.04. The minimum atomic E-state index is -1.47. The standard InChI is InChI=1S/C28H20O10/c29-24(30)18-8-4-10-20(22(18)26(33)34)37-17-12-14-28(15-13-17,16-6-2-1-3-7-16)38-21-11-5-9-19(25(31)32)23(21)27(35)36/h1-14H,15H2,(H,29,30)(H,31,32)(H,33,34)(H,35,36). The number of carbonyl (C=O) groups is 4. The van der Waals surface area contributed by atoms with E-state index in [0.717, 1.165) is 6.07 Å². The van der Waals surface area contributed by atoms with Gasteiger partial charge in [-0.05, 0) is 48.1 Å². The zero-order chi connectivity index (χ0) is 27.4. The Morgan fingerprint density at radius 1 is 0.658 bits per heavy atom. The van der Waals surface area contributed by atoms with Gasteiger partial charge in [0, 0.05) is 6.42 Å². The smallest absolute Gasteiger partial charge is 0.340 e. The van der Waals surface area contributed by atoms with Crippen molar-refractivity contribution in [1.29, 1.82) is 0 Å². The molecule has 10 heteroatoms. The van der Waals surface area contributed by atoms with E-state index in [1.165, 1.54) is 36.4 Å². The lowest BCUT2D eigenvalue weighted by molar-refractivity contribution is 0.0634. The molecule has 192 valence electrons. The first kappa shape index (κ1) is 25.7. The van der Waals surface area contributed by atoms with E-state index >= 15 is 0 Å². The van der Waals surface area contributed by atoms with Crippen LogP contribution in [0.5, 0.6) is 11.5 Å².